The van der Waals surface area contributed by atoms with Crippen molar-refractivity contribution >= 4 is 5.97 Å². The molecule has 0 radical (unpaired) electrons. The Labute approximate surface area is 81.7 Å². The van der Waals surface area contributed by atoms with Crippen molar-refractivity contribution in [2.75, 3.05) is 0 Å². The molecule has 0 aromatic carbocycles. The number of ether oxygens (including phenoxy) is 1. The van der Waals surface area contributed by atoms with E-state index in [4.69, 9.17) is 14.4 Å². The number of carbonyl (C=O) groups is 1. The Morgan fingerprint density at radius 1 is 1.64 bits per heavy atom. The zero-order valence-corrected chi connectivity index (χ0v) is 8.40. The third-order valence-electron chi connectivity index (χ3n) is 1.51. The fraction of sp³-hybridized carbons (Fsp3) is 0.556. The van der Waals surface area contributed by atoms with E-state index in [1.807, 2.05) is 20.8 Å². The van der Waals surface area contributed by atoms with E-state index in [0.717, 1.165) is 0 Å². The third kappa shape index (κ3) is 2.85. The maximum absolute atomic E-state index is 10.7. The van der Waals surface area contributed by atoms with E-state index in [0.29, 0.717) is 0 Å². The highest BCUT2D eigenvalue weighted by Gasteiger charge is 2.18. The zero-order chi connectivity index (χ0) is 10.8. The van der Waals surface area contributed by atoms with Crippen LogP contribution in [-0.2, 0) is 11.3 Å². The molecule has 5 nitrogen and oxygen atoms in total. The van der Waals surface area contributed by atoms with Crippen molar-refractivity contribution in [1.82, 2.24) is 5.16 Å². The summed E-state index contributed by atoms with van der Waals surface area (Å²) >= 11 is 0. The smallest absolute Gasteiger partial charge is 0.341 e. The van der Waals surface area contributed by atoms with Crippen LogP contribution in [0.5, 0.6) is 0 Å². The lowest BCUT2D eigenvalue weighted by Gasteiger charge is -2.18. The number of carboxylic acid groups (broad SMARTS) is 1. The molecule has 0 aliphatic carbocycles. The van der Waals surface area contributed by atoms with Crippen LogP contribution in [0.15, 0.2) is 10.7 Å². The summed E-state index contributed by atoms with van der Waals surface area (Å²) in [5, 5.41) is 12.1. The van der Waals surface area contributed by atoms with Crippen LogP contribution in [-0.4, -0.2) is 21.8 Å². The minimum absolute atomic E-state index is 0.0502. The molecular formula is C9H13NO4. The van der Waals surface area contributed by atoms with Gasteiger partial charge in [0.15, 0.2) is 5.76 Å². The summed E-state index contributed by atoms with van der Waals surface area (Å²) in [7, 11) is 0. The Kier molecular flexibility index (Phi) is 2.90. The average Bonchev–Trinajstić information content (AvgIpc) is 2.46. The van der Waals surface area contributed by atoms with Gasteiger partial charge in [-0.15, -0.1) is 0 Å². The lowest BCUT2D eigenvalue weighted by Crippen LogP contribution is -2.19. The SMILES string of the molecule is CC(C)(C)OCc1oncc1C(=O)O. The molecule has 1 heterocycles. The van der Waals surface area contributed by atoms with Crippen molar-refractivity contribution in [2.24, 2.45) is 0 Å². The van der Waals surface area contributed by atoms with E-state index >= 15 is 0 Å². The highest BCUT2D eigenvalue weighted by atomic mass is 16.5. The van der Waals surface area contributed by atoms with E-state index in [-0.39, 0.29) is 23.5 Å². The Bertz CT molecular complexity index is 324. The molecule has 1 aromatic rings. The molecule has 1 aromatic heterocycles. The van der Waals surface area contributed by atoms with Gasteiger partial charge in [-0.05, 0) is 20.8 Å². The van der Waals surface area contributed by atoms with Gasteiger partial charge in [0.1, 0.15) is 12.2 Å². The third-order valence-corrected chi connectivity index (χ3v) is 1.51. The summed E-state index contributed by atoms with van der Waals surface area (Å²) in [6, 6.07) is 0. The van der Waals surface area contributed by atoms with Crippen molar-refractivity contribution in [3.8, 4) is 0 Å². The van der Waals surface area contributed by atoms with Crippen LogP contribution in [0.4, 0.5) is 0 Å². The second-order valence-corrected chi connectivity index (χ2v) is 3.87. The van der Waals surface area contributed by atoms with Gasteiger partial charge in [0.2, 0.25) is 0 Å². The summed E-state index contributed by atoms with van der Waals surface area (Å²) in [5.41, 5.74) is -0.281. The fourth-order valence-corrected chi connectivity index (χ4v) is 0.824. The predicted molar refractivity (Wildman–Crippen MR) is 48.0 cm³/mol. The molecule has 0 saturated carbocycles. The Morgan fingerprint density at radius 2 is 2.29 bits per heavy atom. The molecule has 1 rings (SSSR count). The second kappa shape index (κ2) is 3.79. The van der Waals surface area contributed by atoms with E-state index in [1.165, 1.54) is 6.20 Å². The highest BCUT2D eigenvalue weighted by Crippen LogP contribution is 2.14. The van der Waals surface area contributed by atoms with Gasteiger partial charge < -0.3 is 14.4 Å². The Balaban J connectivity index is 2.68. The Hall–Kier alpha value is -1.36. The van der Waals surface area contributed by atoms with Crippen molar-refractivity contribution in [1.29, 1.82) is 0 Å². The number of aromatic nitrogens is 1. The second-order valence-electron chi connectivity index (χ2n) is 3.87. The number of carboxylic acids is 1. The topological polar surface area (TPSA) is 72.6 Å². The van der Waals surface area contributed by atoms with E-state index in [9.17, 15) is 4.79 Å². The van der Waals surface area contributed by atoms with Gasteiger partial charge in [0.05, 0.1) is 11.8 Å². The summed E-state index contributed by atoms with van der Waals surface area (Å²) in [6.45, 7) is 5.75. The average molecular weight is 199 g/mol. The summed E-state index contributed by atoms with van der Waals surface area (Å²) in [6.07, 6.45) is 1.17. The van der Waals surface area contributed by atoms with E-state index in [2.05, 4.69) is 5.16 Å². The number of hydrogen-bond donors (Lipinski definition) is 1. The van der Waals surface area contributed by atoms with Crippen molar-refractivity contribution in [3.63, 3.8) is 0 Å². The monoisotopic (exact) mass is 199 g/mol. The highest BCUT2D eigenvalue weighted by molar-refractivity contribution is 5.88. The molecule has 0 amide bonds. The van der Waals surface area contributed by atoms with Crippen LogP contribution in [0.25, 0.3) is 0 Å². The first-order valence-electron chi connectivity index (χ1n) is 4.21. The maximum atomic E-state index is 10.7. The molecule has 0 fully saturated rings. The number of rotatable bonds is 3. The van der Waals surface area contributed by atoms with Gasteiger partial charge in [-0.25, -0.2) is 4.79 Å². The summed E-state index contributed by atoms with van der Waals surface area (Å²) in [5.74, 6) is -0.814. The van der Waals surface area contributed by atoms with Gasteiger partial charge in [-0.2, -0.15) is 0 Å². The normalized spacial score (nSPS) is 11.6. The van der Waals surface area contributed by atoms with Gasteiger partial charge in [-0.1, -0.05) is 5.16 Å². The van der Waals surface area contributed by atoms with Crippen LogP contribution in [0.1, 0.15) is 36.9 Å². The first-order chi connectivity index (χ1) is 6.40. The summed E-state index contributed by atoms with van der Waals surface area (Å²) in [4.78, 5) is 10.7. The van der Waals surface area contributed by atoms with E-state index < -0.39 is 5.97 Å². The standard InChI is InChI=1S/C9H13NO4/c1-9(2,3)13-5-7-6(8(11)12)4-10-14-7/h4H,5H2,1-3H3,(H,11,12). The van der Waals surface area contributed by atoms with Crippen LogP contribution in [0, 0.1) is 0 Å². The first kappa shape index (κ1) is 10.7. The van der Waals surface area contributed by atoms with Crippen LogP contribution >= 0.6 is 0 Å². The van der Waals surface area contributed by atoms with Crippen molar-refractivity contribution in [2.45, 2.75) is 33.0 Å². The lowest BCUT2D eigenvalue weighted by atomic mass is 10.2. The molecule has 0 aliphatic heterocycles. The molecule has 78 valence electrons. The lowest BCUT2D eigenvalue weighted by molar-refractivity contribution is -0.0246. The molecule has 0 atom stereocenters. The molecule has 1 N–H and O–H groups in total. The number of hydrogen-bond acceptors (Lipinski definition) is 4. The number of aromatic carboxylic acids is 1. The quantitative estimate of drug-likeness (QED) is 0.801. The molecule has 5 heteroatoms. The fourth-order valence-electron chi connectivity index (χ4n) is 0.824. The van der Waals surface area contributed by atoms with Crippen LogP contribution in [0.3, 0.4) is 0 Å². The molecular weight excluding hydrogens is 186 g/mol. The first-order valence-corrected chi connectivity index (χ1v) is 4.21. The summed E-state index contributed by atoms with van der Waals surface area (Å²) < 4.78 is 10.1. The van der Waals surface area contributed by atoms with Crippen LogP contribution in [0.2, 0.25) is 0 Å². The minimum atomic E-state index is -1.06. The van der Waals surface area contributed by atoms with E-state index in [1.54, 1.807) is 0 Å². The van der Waals surface area contributed by atoms with Gasteiger partial charge >= 0.3 is 5.97 Å². The number of nitrogens with zero attached hydrogens (tertiary/aromatic N) is 1. The molecule has 0 unspecified atom stereocenters. The molecule has 0 spiro atoms. The van der Waals surface area contributed by atoms with Crippen molar-refractivity contribution < 1.29 is 19.2 Å². The Morgan fingerprint density at radius 3 is 2.79 bits per heavy atom. The molecule has 0 bridgehead atoms. The van der Waals surface area contributed by atoms with Gasteiger partial charge in [0, 0.05) is 0 Å². The molecule has 0 saturated heterocycles. The van der Waals surface area contributed by atoms with Crippen LogP contribution < -0.4 is 0 Å². The van der Waals surface area contributed by atoms with Gasteiger partial charge in [0.25, 0.3) is 0 Å². The predicted octanol–water partition coefficient (Wildman–Crippen LogP) is 1.69. The zero-order valence-electron chi connectivity index (χ0n) is 8.40. The molecule has 14 heavy (non-hydrogen) atoms. The minimum Gasteiger partial charge on any atom is -0.478 e. The molecule has 0 aliphatic rings. The van der Waals surface area contributed by atoms with Crippen molar-refractivity contribution in [3.05, 3.63) is 17.5 Å². The largest absolute Gasteiger partial charge is 0.478 e. The van der Waals surface area contributed by atoms with Gasteiger partial charge in [-0.3, -0.25) is 0 Å². The maximum Gasteiger partial charge on any atom is 0.341 e.